The molecule has 0 aliphatic heterocycles. The maximum absolute atomic E-state index is 15.0. The van der Waals surface area contributed by atoms with Crippen molar-refractivity contribution >= 4 is 17.2 Å². The zero-order valence-electron chi connectivity index (χ0n) is 14.5. The first-order chi connectivity index (χ1) is 12.6. The van der Waals surface area contributed by atoms with E-state index < -0.39 is 17.8 Å². The number of alkyl halides is 4. The lowest BCUT2D eigenvalue weighted by Gasteiger charge is -2.22. The molecule has 0 saturated heterocycles. The van der Waals surface area contributed by atoms with E-state index in [1.807, 2.05) is 0 Å². The number of fused-ring (bicyclic) bond motifs is 1. The zero-order valence-corrected chi connectivity index (χ0v) is 14.5. The topological polar surface area (TPSA) is 39.2 Å². The van der Waals surface area contributed by atoms with Crippen molar-refractivity contribution in [2.75, 3.05) is 0 Å². The second-order valence-corrected chi connectivity index (χ2v) is 6.23. The number of aromatic nitrogens is 1. The van der Waals surface area contributed by atoms with Crippen molar-refractivity contribution in [2.45, 2.75) is 25.9 Å². The van der Waals surface area contributed by atoms with Crippen LogP contribution in [0.2, 0.25) is 0 Å². The molecule has 3 nitrogen and oxygen atoms in total. The number of aldehydes is 1. The van der Waals surface area contributed by atoms with E-state index in [9.17, 15) is 18.0 Å². The first kappa shape index (κ1) is 18.8. The third-order valence-electron chi connectivity index (χ3n) is 4.14. The Balaban J connectivity index is 2.40. The van der Waals surface area contributed by atoms with E-state index >= 15 is 4.39 Å². The number of carbonyl (C=O) groups excluding carboxylic acids is 1. The summed E-state index contributed by atoms with van der Waals surface area (Å²) in [6, 6.07) is 12.2. The van der Waals surface area contributed by atoms with Gasteiger partial charge in [0.2, 0.25) is 0 Å². The SMILES string of the molecule is Cc1nc2ccc(OC(F)(F)F)cc2c(-c2ccccc2)c1C(C)(F)C=O. The predicted molar refractivity (Wildman–Crippen MR) is 93.1 cm³/mol. The van der Waals surface area contributed by atoms with E-state index in [1.165, 1.54) is 6.07 Å². The van der Waals surface area contributed by atoms with Gasteiger partial charge in [0, 0.05) is 16.6 Å². The number of hydrogen-bond donors (Lipinski definition) is 0. The molecule has 0 saturated carbocycles. The molecule has 1 atom stereocenters. The molecule has 0 spiro atoms. The predicted octanol–water partition coefficient (Wildman–Crippen LogP) is 5.49. The molecule has 0 radical (unpaired) electrons. The molecule has 3 rings (SSSR count). The second kappa shape index (κ2) is 6.64. The highest BCUT2D eigenvalue weighted by molar-refractivity contribution is 5.99. The Bertz CT molecular complexity index is 998. The molecule has 1 heterocycles. The minimum absolute atomic E-state index is 0.0142. The Morgan fingerprint density at radius 1 is 1.04 bits per heavy atom. The fourth-order valence-electron chi connectivity index (χ4n) is 3.12. The molecular weight excluding hydrogens is 362 g/mol. The van der Waals surface area contributed by atoms with Gasteiger partial charge >= 0.3 is 6.36 Å². The number of carbonyl (C=O) groups is 1. The van der Waals surface area contributed by atoms with Gasteiger partial charge in [0.15, 0.2) is 12.0 Å². The molecule has 0 bridgehead atoms. The van der Waals surface area contributed by atoms with Crippen molar-refractivity contribution in [1.82, 2.24) is 4.98 Å². The molecule has 0 N–H and O–H groups in total. The molecule has 1 unspecified atom stereocenters. The molecule has 140 valence electrons. The molecule has 3 aromatic rings. The zero-order chi connectivity index (χ0) is 19.8. The van der Waals surface area contributed by atoms with Crippen LogP contribution in [0.1, 0.15) is 18.2 Å². The Morgan fingerprint density at radius 3 is 2.30 bits per heavy atom. The molecule has 2 aromatic carbocycles. The van der Waals surface area contributed by atoms with E-state index in [0.717, 1.165) is 19.1 Å². The molecule has 0 fully saturated rings. The Morgan fingerprint density at radius 2 is 1.70 bits per heavy atom. The van der Waals surface area contributed by atoms with Crippen LogP contribution in [0.3, 0.4) is 0 Å². The van der Waals surface area contributed by atoms with Gasteiger partial charge in [-0.2, -0.15) is 0 Å². The fraction of sp³-hybridized carbons (Fsp3) is 0.200. The average Bonchev–Trinajstić information content (AvgIpc) is 2.60. The summed E-state index contributed by atoms with van der Waals surface area (Å²) >= 11 is 0. The van der Waals surface area contributed by atoms with Crippen LogP contribution in [0.15, 0.2) is 48.5 Å². The summed E-state index contributed by atoms with van der Waals surface area (Å²) in [7, 11) is 0. The number of benzene rings is 2. The van der Waals surface area contributed by atoms with Crippen LogP contribution in [-0.2, 0) is 10.5 Å². The minimum Gasteiger partial charge on any atom is -0.406 e. The number of nitrogens with zero attached hydrogens (tertiary/aromatic N) is 1. The second-order valence-electron chi connectivity index (χ2n) is 6.23. The highest BCUT2D eigenvalue weighted by Crippen LogP contribution is 2.41. The highest BCUT2D eigenvalue weighted by atomic mass is 19.4. The number of rotatable bonds is 4. The van der Waals surface area contributed by atoms with Gasteiger partial charge in [0.05, 0.1) is 5.52 Å². The Labute approximate surface area is 152 Å². The summed E-state index contributed by atoms with van der Waals surface area (Å²) in [5.41, 5.74) is -0.840. The maximum Gasteiger partial charge on any atom is 0.573 e. The van der Waals surface area contributed by atoms with E-state index in [-0.39, 0.29) is 22.9 Å². The largest absolute Gasteiger partial charge is 0.573 e. The van der Waals surface area contributed by atoms with Crippen LogP contribution in [0.25, 0.3) is 22.0 Å². The number of pyridine rings is 1. The average molecular weight is 377 g/mol. The lowest BCUT2D eigenvalue weighted by atomic mass is 9.86. The van der Waals surface area contributed by atoms with Crippen molar-refractivity contribution in [1.29, 1.82) is 0 Å². The smallest absolute Gasteiger partial charge is 0.406 e. The highest BCUT2D eigenvalue weighted by Gasteiger charge is 2.34. The molecular formula is C20H15F4NO2. The van der Waals surface area contributed by atoms with Crippen molar-refractivity contribution in [3.8, 4) is 16.9 Å². The molecule has 7 heteroatoms. The number of ether oxygens (including phenoxy) is 1. The van der Waals surface area contributed by atoms with Crippen molar-refractivity contribution < 1.29 is 27.1 Å². The van der Waals surface area contributed by atoms with Gasteiger partial charge in [-0.15, -0.1) is 13.2 Å². The summed E-state index contributed by atoms with van der Waals surface area (Å²) in [5.74, 6) is -0.449. The summed E-state index contributed by atoms with van der Waals surface area (Å²) in [6.07, 6.45) is -4.70. The number of aryl methyl sites for hydroxylation is 1. The van der Waals surface area contributed by atoms with E-state index in [4.69, 9.17) is 0 Å². The van der Waals surface area contributed by atoms with Gasteiger partial charge in [-0.3, -0.25) is 9.78 Å². The summed E-state index contributed by atoms with van der Waals surface area (Å²) < 4.78 is 56.9. The number of halogens is 4. The van der Waals surface area contributed by atoms with Gasteiger partial charge in [-0.25, -0.2) is 4.39 Å². The lowest BCUT2D eigenvalue weighted by molar-refractivity contribution is -0.274. The van der Waals surface area contributed by atoms with Crippen LogP contribution in [0.5, 0.6) is 5.75 Å². The van der Waals surface area contributed by atoms with Crippen LogP contribution in [0.4, 0.5) is 17.6 Å². The van der Waals surface area contributed by atoms with E-state index in [2.05, 4.69) is 9.72 Å². The standard InChI is InChI=1S/C20H15F4NO2/c1-12-18(19(2,21)11-26)17(13-6-4-3-5-7-13)15-10-14(27-20(22,23)24)8-9-16(15)25-12/h3-11H,1-2H3. The first-order valence-electron chi connectivity index (χ1n) is 8.03. The molecule has 0 amide bonds. The minimum atomic E-state index is -4.86. The van der Waals surface area contributed by atoms with Crippen molar-refractivity contribution in [3.63, 3.8) is 0 Å². The summed E-state index contributed by atoms with van der Waals surface area (Å²) in [6.45, 7) is 2.65. The molecule has 0 aliphatic rings. The van der Waals surface area contributed by atoms with Gasteiger partial charge in [-0.05, 0) is 43.2 Å². The van der Waals surface area contributed by atoms with Crippen LogP contribution >= 0.6 is 0 Å². The normalized spacial score (nSPS) is 14.0. The summed E-state index contributed by atoms with van der Waals surface area (Å²) in [4.78, 5) is 15.7. The van der Waals surface area contributed by atoms with Crippen LogP contribution in [-0.4, -0.2) is 17.6 Å². The van der Waals surface area contributed by atoms with Crippen molar-refractivity contribution in [2.24, 2.45) is 0 Å². The third-order valence-corrected chi connectivity index (χ3v) is 4.14. The lowest BCUT2D eigenvalue weighted by Crippen LogP contribution is -2.21. The molecule has 0 aliphatic carbocycles. The number of hydrogen-bond acceptors (Lipinski definition) is 3. The van der Waals surface area contributed by atoms with Gasteiger partial charge in [0.1, 0.15) is 5.75 Å². The molecule has 1 aromatic heterocycles. The van der Waals surface area contributed by atoms with Crippen LogP contribution in [0, 0.1) is 6.92 Å². The van der Waals surface area contributed by atoms with Gasteiger partial charge in [-0.1, -0.05) is 30.3 Å². The fourth-order valence-corrected chi connectivity index (χ4v) is 3.12. The third kappa shape index (κ3) is 3.77. The van der Waals surface area contributed by atoms with Gasteiger partial charge < -0.3 is 4.74 Å². The van der Waals surface area contributed by atoms with E-state index in [1.54, 1.807) is 37.3 Å². The monoisotopic (exact) mass is 377 g/mol. The first-order valence-corrected chi connectivity index (χ1v) is 8.03. The van der Waals surface area contributed by atoms with Gasteiger partial charge in [0.25, 0.3) is 0 Å². The molecule has 27 heavy (non-hydrogen) atoms. The Hall–Kier alpha value is -2.96. The van der Waals surface area contributed by atoms with E-state index in [0.29, 0.717) is 16.6 Å². The quantitative estimate of drug-likeness (QED) is 0.446. The van der Waals surface area contributed by atoms with Crippen molar-refractivity contribution in [3.05, 3.63) is 59.8 Å². The van der Waals surface area contributed by atoms with Crippen LogP contribution < -0.4 is 4.74 Å². The summed E-state index contributed by atoms with van der Waals surface area (Å²) in [5, 5.41) is 0.259. The maximum atomic E-state index is 15.0. The Kier molecular flexibility index (Phi) is 4.63.